The second-order valence-electron chi connectivity index (χ2n) is 15.7. The zero-order valence-electron chi connectivity index (χ0n) is 30.9. The molecule has 0 aliphatic heterocycles. The minimum Gasteiger partial charge on any atom is -0.457 e. The number of benzene rings is 4. The van der Waals surface area contributed by atoms with Gasteiger partial charge < -0.3 is 4.74 Å². The van der Waals surface area contributed by atoms with Crippen molar-refractivity contribution in [2.75, 3.05) is 0 Å². The summed E-state index contributed by atoms with van der Waals surface area (Å²) < 4.78 is 11.1. The third kappa shape index (κ3) is 6.33. The van der Waals surface area contributed by atoms with Crippen LogP contribution in [-0.4, -0.2) is 19.3 Å². The van der Waals surface area contributed by atoms with Crippen molar-refractivity contribution in [2.45, 2.75) is 80.6 Å². The lowest BCUT2D eigenvalue weighted by Crippen LogP contribution is -2.15. The molecule has 7 aromatic rings. The number of ether oxygens (including phenoxy) is 1. The predicted molar refractivity (Wildman–Crippen MR) is 208 cm³/mol. The van der Waals surface area contributed by atoms with Crippen molar-refractivity contribution in [3.63, 3.8) is 0 Å². The molecule has 0 bridgehead atoms. The molecule has 0 fully saturated rings. The van der Waals surface area contributed by atoms with E-state index in [9.17, 15) is 0 Å². The summed E-state index contributed by atoms with van der Waals surface area (Å²) in [6.07, 6.45) is 3.86. The zero-order valence-corrected chi connectivity index (χ0v) is 30.9. The number of aromatic nitrogens is 4. The van der Waals surface area contributed by atoms with Crippen LogP contribution in [0, 0.1) is 26.2 Å². The fourth-order valence-electron chi connectivity index (χ4n) is 7.17. The van der Waals surface area contributed by atoms with Gasteiger partial charge in [0.05, 0.1) is 22.4 Å². The van der Waals surface area contributed by atoms with E-state index in [0.717, 1.165) is 58.3 Å². The lowest BCUT2D eigenvalue weighted by Gasteiger charge is -2.23. The van der Waals surface area contributed by atoms with Crippen LogP contribution >= 0.6 is 0 Å². The Balaban J connectivity index is 1.36. The van der Waals surface area contributed by atoms with Gasteiger partial charge in [-0.05, 0) is 115 Å². The van der Waals surface area contributed by atoms with Crippen LogP contribution in [0.2, 0.25) is 0 Å². The van der Waals surface area contributed by atoms with Crippen LogP contribution < -0.4 is 4.74 Å². The van der Waals surface area contributed by atoms with Crippen molar-refractivity contribution in [3.8, 4) is 34.1 Å². The molecule has 0 saturated carbocycles. The molecule has 7 rings (SSSR count). The van der Waals surface area contributed by atoms with Gasteiger partial charge in [-0.25, -0.2) is 9.67 Å². The van der Waals surface area contributed by atoms with E-state index in [1.807, 2.05) is 12.3 Å². The molecule has 254 valence electrons. The Morgan fingerprint density at radius 3 is 2.22 bits per heavy atom. The van der Waals surface area contributed by atoms with E-state index < -0.39 is 0 Å². The van der Waals surface area contributed by atoms with Crippen molar-refractivity contribution in [2.24, 2.45) is 5.41 Å². The van der Waals surface area contributed by atoms with Gasteiger partial charge in [-0.2, -0.15) is 5.10 Å². The van der Waals surface area contributed by atoms with E-state index in [1.54, 1.807) is 0 Å². The molecule has 0 aliphatic carbocycles. The summed E-state index contributed by atoms with van der Waals surface area (Å²) in [7, 11) is 0. The van der Waals surface area contributed by atoms with E-state index in [0.29, 0.717) is 0 Å². The van der Waals surface area contributed by atoms with Gasteiger partial charge in [0.15, 0.2) is 0 Å². The first kappa shape index (κ1) is 33.3. The van der Waals surface area contributed by atoms with Crippen LogP contribution in [0.25, 0.3) is 44.4 Å². The highest BCUT2D eigenvalue weighted by Crippen LogP contribution is 2.39. The normalized spacial score (nSPS) is 12.3. The number of pyridine rings is 1. The van der Waals surface area contributed by atoms with Gasteiger partial charge in [0.2, 0.25) is 0 Å². The van der Waals surface area contributed by atoms with Crippen molar-refractivity contribution in [1.29, 1.82) is 0 Å². The Bertz CT molecular complexity index is 2350. The average molecular weight is 661 g/mol. The Morgan fingerprint density at radius 1 is 0.720 bits per heavy atom. The van der Waals surface area contributed by atoms with Gasteiger partial charge >= 0.3 is 0 Å². The molecule has 0 aliphatic rings. The summed E-state index contributed by atoms with van der Waals surface area (Å²) in [5.41, 5.74) is 11.6. The first-order valence-electron chi connectivity index (χ1n) is 17.8. The zero-order chi connectivity index (χ0) is 35.4. The van der Waals surface area contributed by atoms with Crippen molar-refractivity contribution in [1.82, 2.24) is 19.3 Å². The van der Waals surface area contributed by atoms with Crippen molar-refractivity contribution >= 4 is 21.8 Å². The maximum atomic E-state index is 6.80. The maximum Gasteiger partial charge on any atom is 0.137 e. The fraction of sp³-hybridized carbons (Fsp3) is 0.289. The second kappa shape index (κ2) is 12.6. The minimum atomic E-state index is 0.0797. The van der Waals surface area contributed by atoms with Gasteiger partial charge in [-0.3, -0.25) is 4.57 Å². The molecule has 5 heteroatoms. The molecule has 0 saturated heterocycles. The Morgan fingerprint density at radius 2 is 1.50 bits per heavy atom. The minimum absolute atomic E-state index is 0.0797. The van der Waals surface area contributed by atoms with Crippen LogP contribution in [0.3, 0.4) is 0 Å². The molecule has 0 radical (unpaired) electrons. The highest BCUT2D eigenvalue weighted by atomic mass is 16.5. The van der Waals surface area contributed by atoms with Gasteiger partial charge in [0, 0.05) is 40.4 Å². The molecule has 3 heterocycles. The van der Waals surface area contributed by atoms with E-state index in [-0.39, 0.29) is 10.8 Å². The fourth-order valence-corrected chi connectivity index (χ4v) is 7.17. The predicted octanol–water partition coefficient (Wildman–Crippen LogP) is 12.0. The molecular formula is C45H48N4O. The largest absolute Gasteiger partial charge is 0.457 e. The number of aryl methyl sites for hydroxylation is 2. The van der Waals surface area contributed by atoms with Crippen LogP contribution in [-0.2, 0) is 11.8 Å². The van der Waals surface area contributed by atoms with Gasteiger partial charge in [-0.1, -0.05) is 77.9 Å². The summed E-state index contributed by atoms with van der Waals surface area (Å²) in [5.74, 6) is 2.47. The van der Waals surface area contributed by atoms with E-state index >= 15 is 0 Å². The maximum absolute atomic E-state index is 6.80. The van der Waals surface area contributed by atoms with Crippen molar-refractivity contribution < 1.29 is 4.74 Å². The summed E-state index contributed by atoms with van der Waals surface area (Å²) in [6.45, 7) is 20.1. The van der Waals surface area contributed by atoms with Crippen LogP contribution in [0.4, 0.5) is 0 Å². The molecule has 0 N–H and O–H groups in total. The summed E-state index contributed by atoms with van der Waals surface area (Å²) in [4.78, 5) is 4.83. The molecule has 50 heavy (non-hydrogen) atoms. The van der Waals surface area contributed by atoms with Gasteiger partial charge in [-0.15, -0.1) is 0 Å². The van der Waals surface area contributed by atoms with Crippen LogP contribution in [0.1, 0.15) is 76.0 Å². The topological polar surface area (TPSA) is 44.9 Å². The van der Waals surface area contributed by atoms with Gasteiger partial charge in [0.1, 0.15) is 17.3 Å². The molecule has 4 aromatic carbocycles. The SMILES string of the molecule is CCC(C)(C)c1ccc2c(c1)c1ccc(Oc3cc(CC(C)(C)C)cc(-n4nc(C)c(-c5ccccc5)c4C)c3)cc1n2-c1cc(C)ccn1. The monoisotopic (exact) mass is 660 g/mol. The smallest absolute Gasteiger partial charge is 0.137 e. The molecule has 0 amide bonds. The first-order chi connectivity index (χ1) is 23.8. The number of hydrogen-bond donors (Lipinski definition) is 0. The van der Waals surface area contributed by atoms with E-state index in [1.165, 1.54) is 38.6 Å². The molecule has 0 spiro atoms. The number of fused-ring (bicyclic) bond motifs is 3. The van der Waals surface area contributed by atoms with Crippen molar-refractivity contribution in [3.05, 3.63) is 131 Å². The number of rotatable bonds is 8. The van der Waals surface area contributed by atoms with Crippen LogP contribution in [0.15, 0.2) is 103 Å². The quantitative estimate of drug-likeness (QED) is 0.163. The summed E-state index contributed by atoms with van der Waals surface area (Å²) in [6, 6.07) is 34.6. The average Bonchev–Trinajstić information content (AvgIpc) is 3.56. The standard InChI is InChI=1S/C45H48N4O/c1-10-45(8,9)34-16-19-40-39(25-34)38-18-17-36(27-41(38)48(40)42-22-29(2)20-21-46-42)50-37-24-32(28-44(5,6)7)23-35(26-37)49-31(4)43(30(3)47-49)33-14-12-11-13-15-33/h11-27H,10,28H2,1-9H3. The Hall–Kier alpha value is -5.16. The molecule has 0 atom stereocenters. The van der Waals surface area contributed by atoms with E-state index in [2.05, 4.69) is 163 Å². The summed E-state index contributed by atoms with van der Waals surface area (Å²) in [5, 5.41) is 7.45. The number of hydrogen-bond acceptors (Lipinski definition) is 3. The Labute approximate surface area is 296 Å². The first-order valence-corrected chi connectivity index (χ1v) is 17.8. The molecule has 5 nitrogen and oxygen atoms in total. The number of nitrogens with zero attached hydrogens (tertiary/aromatic N) is 4. The third-order valence-corrected chi connectivity index (χ3v) is 10.1. The molecular weight excluding hydrogens is 613 g/mol. The Kier molecular flexibility index (Phi) is 8.42. The second-order valence-corrected chi connectivity index (χ2v) is 15.7. The molecule has 3 aromatic heterocycles. The third-order valence-electron chi connectivity index (χ3n) is 10.1. The van der Waals surface area contributed by atoms with Crippen LogP contribution in [0.5, 0.6) is 11.5 Å². The molecule has 0 unspecified atom stereocenters. The van der Waals surface area contributed by atoms with E-state index in [4.69, 9.17) is 14.8 Å². The lowest BCUT2D eigenvalue weighted by molar-refractivity contribution is 0.409. The summed E-state index contributed by atoms with van der Waals surface area (Å²) >= 11 is 0. The highest BCUT2D eigenvalue weighted by molar-refractivity contribution is 6.09. The highest BCUT2D eigenvalue weighted by Gasteiger charge is 2.22. The van der Waals surface area contributed by atoms with Gasteiger partial charge in [0.25, 0.3) is 0 Å². The lowest BCUT2D eigenvalue weighted by atomic mass is 9.82.